The number of carbonyl (C=O) groups is 1. The Morgan fingerprint density at radius 1 is 0.696 bits per heavy atom. The van der Waals surface area contributed by atoms with Gasteiger partial charge in [-0.15, -0.1) is 0 Å². The first-order valence-electron chi connectivity index (χ1n) is 21.3. The fourth-order valence-corrected chi connectivity index (χ4v) is 13.1. The van der Waals surface area contributed by atoms with Crippen molar-refractivity contribution in [2.24, 2.45) is 34.5 Å². The van der Waals surface area contributed by atoms with Crippen molar-refractivity contribution in [1.82, 2.24) is 0 Å². The number of hydrogen-bond acceptors (Lipinski definition) is 14. The highest BCUT2D eigenvalue weighted by Gasteiger charge is 2.71. The van der Waals surface area contributed by atoms with Crippen molar-refractivity contribution in [1.29, 1.82) is 0 Å². The van der Waals surface area contributed by atoms with Gasteiger partial charge in [0.25, 0.3) is 0 Å². The molecule has 4 heterocycles. The molecule has 0 aromatic carbocycles. The van der Waals surface area contributed by atoms with Crippen molar-refractivity contribution in [3.63, 3.8) is 0 Å². The van der Waals surface area contributed by atoms with E-state index in [0.717, 1.165) is 44.1 Å². The number of cyclic esters (lactones) is 1. The molecule has 8 rings (SSSR count). The number of aliphatic hydroxyl groups excluding tert-OH is 4. The minimum atomic E-state index is -1.01. The number of esters is 1. The lowest BCUT2D eigenvalue weighted by Gasteiger charge is -2.65. The lowest BCUT2D eigenvalue weighted by atomic mass is 9.42. The molecule has 5 N–H and O–H groups in total. The fraction of sp³-hybridized carbons (Fsp3) is 0.929. The first kappa shape index (κ1) is 41.5. The van der Waals surface area contributed by atoms with Crippen LogP contribution in [-0.4, -0.2) is 137 Å². The number of rotatable bonds is 8. The molecule has 0 aromatic heterocycles. The molecular weight excluding hydrogens is 728 g/mol. The van der Waals surface area contributed by atoms with Gasteiger partial charge in [-0.2, -0.15) is 0 Å². The van der Waals surface area contributed by atoms with Gasteiger partial charge in [0.1, 0.15) is 24.9 Å². The molecule has 56 heavy (non-hydrogen) atoms. The van der Waals surface area contributed by atoms with Crippen LogP contribution in [-0.2, 0) is 42.7 Å². The summed E-state index contributed by atoms with van der Waals surface area (Å²) in [6.45, 7) is 10.1. The van der Waals surface area contributed by atoms with E-state index in [1.165, 1.54) is 7.11 Å². The number of carbonyl (C=O) groups excluding carboxylic acids is 1. The second kappa shape index (κ2) is 15.6. The van der Waals surface area contributed by atoms with Gasteiger partial charge >= 0.3 is 5.97 Å². The van der Waals surface area contributed by atoms with Crippen LogP contribution in [0, 0.1) is 34.5 Å². The number of hydrogen-bond donors (Lipinski definition) is 5. The van der Waals surface area contributed by atoms with E-state index < -0.39 is 84.8 Å². The largest absolute Gasteiger partial charge is 0.458 e. The molecule has 4 saturated carbocycles. The van der Waals surface area contributed by atoms with Crippen LogP contribution in [0.3, 0.4) is 0 Å². The van der Waals surface area contributed by atoms with Crippen molar-refractivity contribution in [2.75, 3.05) is 13.7 Å². The van der Waals surface area contributed by atoms with Crippen LogP contribution in [0.15, 0.2) is 11.6 Å². The average molecular weight is 795 g/mol. The first-order valence-corrected chi connectivity index (χ1v) is 21.3. The molecule has 4 aliphatic heterocycles. The summed E-state index contributed by atoms with van der Waals surface area (Å²) >= 11 is 0. The molecule has 0 spiro atoms. The third-order valence-electron chi connectivity index (χ3n) is 16.2. The molecule has 0 aromatic rings. The maximum atomic E-state index is 12.6. The zero-order chi connectivity index (χ0) is 39.9. The van der Waals surface area contributed by atoms with Crippen molar-refractivity contribution >= 4 is 5.97 Å². The molecule has 8 aliphatic rings. The van der Waals surface area contributed by atoms with Crippen molar-refractivity contribution in [3.8, 4) is 0 Å². The SMILES string of the molecule is CO[C@@H]1[C@H](C)O[C@@H](O[C@@H]2[C@H](C)O[C@@H](O[C@@H]3[C@H](C)O[C@@H](O[C@H]4CC[C@@]5(C)[C@H](CC[C@@H]6[C@H]5C[C@@H](O)[C@]5(C)[C@H](C7=CC(=O)OC7)CC[C@]65O)C4)C[C@@H]3O)C[C@@H]2O)C[C@@H]1O. The second-order valence-corrected chi connectivity index (χ2v) is 19.0. The van der Waals surface area contributed by atoms with Gasteiger partial charge in [-0.3, -0.25) is 0 Å². The quantitative estimate of drug-likeness (QED) is 0.178. The molecule has 4 aliphatic carbocycles. The Balaban J connectivity index is 0.832. The first-order chi connectivity index (χ1) is 26.5. The van der Waals surface area contributed by atoms with E-state index in [2.05, 4.69) is 6.92 Å². The van der Waals surface area contributed by atoms with E-state index >= 15 is 0 Å². The van der Waals surface area contributed by atoms with Gasteiger partial charge in [-0.05, 0) is 107 Å². The van der Waals surface area contributed by atoms with Gasteiger partial charge < -0.3 is 63.4 Å². The smallest absolute Gasteiger partial charge is 0.331 e. The summed E-state index contributed by atoms with van der Waals surface area (Å²) in [5.41, 5.74) is -0.877. The maximum Gasteiger partial charge on any atom is 0.331 e. The van der Waals surface area contributed by atoms with Crippen molar-refractivity contribution in [2.45, 2.75) is 197 Å². The molecule has 0 bridgehead atoms. The van der Waals surface area contributed by atoms with Gasteiger partial charge in [0.2, 0.25) is 0 Å². The number of aliphatic hydroxyl groups is 5. The van der Waals surface area contributed by atoms with E-state index in [0.29, 0.717) is 18.8 Å². The summed E-state index contributed by atoms with van der Waals surface area (Å²) in [6, 6.07) is 0. The van der Waals surface area contributed by atoms with Crippen LogP contribution in [0.4, 0.5) is 0 Å². The minimum absolute atomic E-state index is 0.0386. The third-order valence-corrected chi connectivity index (χ3v) is 16.2. The Hall–Kier alpha value is -1.27. The number of fused-ring (bicyclic) bond motifs is 5. The predicted molar refractivity (Wildman–Crippen MR) is 197 cm³/mol. The van der Waals surface area contributed by atoms with Gasteiger partial charge in [-0.1, -0.05) is 13.8 Å². The molecule has 318 valence electrons. The highest BCUT2D eigenvalue weighted by atomic mass is 16.7. The van der Waals surface area contributed by atoms with Crippen LogP contribution in [0.5, 0.6) is 0 Å². The molecule has 14 nitrogen and oxygen atoms in total. The highest BCUT2D eigenvalue weighted by molar-refractivity contribution is 5.85. The Kier molecular flexibility index (Phi) is 11.6. The average Bonchev–Trinajstić information content (AvgIpc) is 3.68. The van der Waals surface area contributed by atoms with E-state index in [1.54, 1.807) is 13.0 Å². The lowest BCUT2D eigenvalue weighted by Crippen LogP contribution is -2.67. The van der Waals surface area contributed by atoms with Crippen LogP contribution in [0.2, 0.25) is 0 Å². The topological polar surface area (TPSA) is 192 Å². The second-order valence-electron chi connectivity index (χ2n) is 19.0. The zero-order valence-electron chi connectivity index (χ0n) is 33.9. The van der Waals surface area contributed by atoms with Gasteiger partial charge in [0, 0.05) is 37.9 Å². The van der Waals surface area contributed by atoms with Gasteiger partial charge in [0.05, 0.1) is 54.4 Å². The molecule has 0 radical (unpaired) electrons. The summed E-state index contributed by atoms with van der Waals surface area (Å²) < 4.78 is 47.8. The molecule has 3 saturated heterocycles. The Bertz CT molecular complexity index is 1430. The van der Waals surface area contributed by atoms with Gasteiger partial charge in [0.15, 0.2) is 18.9 Å². The van der Waals surface area contributed by atoms with E-state index in [1.807, 2.05) is 20.8 Å². The summed E-state index contributed by atoms with van der Waals surface area (Å²) in [4.78, 5) is 12.0. The molecule has 7 fully saturated rings. The maximum absolute atomic E-state index is 12.6. The van der Waals surface area contributed by atoms with E-state index in [-0.39, 0.29) is 67.2 Å². The lowest BCUT2D eigenvalue weighted by molar-refractivity contribution is -0.336. The van der Waals surface area contributed by atoms with Crippen LogP contribution in [0.1, 0.15) is 105 Å². The van der Waals surface area contributed by atoms with E-state index in [9.17, 15) is 30.3 Å². The molecule has 0 amide bonds. The summed E-state index contributed by atoms with van der Waals surface area (Å²) in [5, 5.41) is 57.3. The molecular formula is C42H66O14. The standard InChI is InChI=1S/C42H66O14/c1-20-37(49-6)29(43)16-35(51-20)55-39-22(3)53-36(18-31(39)45)56-38-21(2)52-34(17-30(38)44)54-25-9-11-40(4)24(14-25)7-8-27-28(40)15-32(46)41(5)26(10-12-42(27,41)48)23-13-33(47)50-19-23/h13,20-22,24-32,34-39,43-46,48H,7-12,14-19H2,1-6H3/t20-,21-,22-,24+,25-,26-,27+,28+,29-,30-,31-,32+,34-,35-,36-,37+,38+,39+,40-,41-,42-/m0/s1. The normalized spacial score (nSPS) is 54.8. The molecule has 21 atom stereocenters. The van der Waals surface area contributed by atoms with Crippen LogP contribution >= 0.6 is 0 Å². The number of ether oxygens (including phenoxy) is 8. The van der Waals surface area contributed by atoms with Crippen molar-refractivity contribution < 1.29 is 68.2 Å². The third kappa shape index (κ3) is 7.02. The number of methoxy groups -OCH3 is 1. The van der Waals surface area contributed by atoms with Gasteiger partial charge in [-0.25, -0.2) is 4.79 Å². The van der Waals surface area contributed by atoms with Crippen LogP contribution < -0.4 is 0 Å². The van der Waals surface area contributed by atoms with E-state index in [4.69, 9.17) is 37.9 Å². The minimum Gasteiger partial charge on any atom is -0.458 e. The Morgan fingerprint density at radius 2 is 1.27 bits per heavy atom. The Morgan fingerprint density at radius 3 is 1.80 bits per heavy atom. The Labute approximate surface area is 330 Å². The van der Waals surface area contributed by atoms with Crippen molar-refractivity contribution in [3.05, 3.63) is 11.6 Å². The fourth-order valence-electron chi connectivity index (χ4n) is 13.1. The predicted octanol–water partition coefficient (Wildman–Crippen LogP) is 2.87. The zero-order valence-corrected chi connectivity index (χ0v) is 33.9. The summed E-state index contributed by atoms with van der Waals surface area (Å²) in [7, 11) is 1.53. The van der Waals surface area contributed by atoms with Crippen LogP contribution in [0.25, 0.3) is 0 Å². The highest BCUT2D eigenvalue weighted by Crippen LogP contribution is 2.70. The summed E-state index contributed by atoms with van der Waals surface area (Å²) in [5.74, 6) is 0.223. The molecule has 14 heteroatoms. The summed E-state index contributed by atoms with van der Waals surface area (Å²) in [6.07, 6.45) is -0.0154. The molecule has 0 unspecified atom stereocenters. The monoisotopic (exact) mass is 794 g/mol.